The van der Waals surface area contributed by atoms with Gasteiger partial charge in [0.15, 0.2) is 11.6 Å². The molecule has 1 aliphatic carbocycles. The Kier molecular flexibility index (Phi) is 5.00. The van der Waals surface area contributed by atoms with Gasteiger partial charge < -0.3 is 15.2 Å². The summed E-state index contributed by atoms with van der Waals surface area (Å²) in [6.45, 7) is 4.88. The van der Waals surface area contributed by atoms with E-state index >= 15 is 4.39 Å². The molecule has 3 aliphatic rings. The first-order valence-electron chi connectivity index (χ1n) is 12.5. The van der Waals surface area contributed by atoms with E-state index in [1.807, 2.05) is 18.3 Å². The molecule has 5 heterocycles. The fourth-order valence-corrected chi connectivity index (χ4v) is 5.56. The monoisotopic (exact) mass is 488 g/mol. The van der Waals surface area contributed by atoms with Gasteiger partial charge in [0.25, 0.3) is 0 Å². The summed E-state index contributed by atoms with van der Waals surface area (Å²) in [5.74, 6) is 0.597. The molecule has 0 atom stereocenters. The number of aromatic nitrogens is 5. The Morgan fingerprint density at radius 1 is 0.972 bits per heavy atom. The highest BCUT2D eigenvalue weighted by atomic mass is 19.1. The summed E-state index contributed by atoms with van der Waals surface area (Å²) < 4.78 is 32.1. The molecule has 10 heteroatoms. The van der Waals surface area contributed by atoms with Gasteiger partial charge >= 0.3 is 0 Å². The molecule has 1 saturated heterocycles. The van der Waals surface area contributed by atoms with Crippen LogP contribution in [0.3, 0.4) is 0 Å². The first-order valence-corrected chi connectivity index (χ1v) is 12.5. The number of nitrogens with zero attached hydrogens (tertiary/aromatic N) is 6. The molecule has 0 radical (unpaired) electrons. The second-order valence-electron chi connectivity index (χ2n) is 10.0. The third-order valence-corrected chi connectivity index (χ3v) is 7.60. The molecule has 7 rings (SSSR count). The molecule has 184 valence electrons. The molecule has 1 spiro atoms. The standard InChI is InChI=1S/C26H26F2N8/c27-18-11-17(12-20-24(18)33-22-3-4-26(5-6-26)36(20)22)23-19(28)14-31-25(34-23)32-21-2-1-16(13-30-21)15-35-9-7-29-8-10-35/h1-2,11-14,29H,3-10,15H2,(H,30,31,32,34). The van der Waals surface area contributed by atoms with Crippen LogP contribution in [0.1, 0.15) is 30.7 Å². The Morgan fingerprint density at radius 2 is 1.83 bits per heavy atom. The third-order valence-electron chi connectivity index (χ3n) is 7.60. The number of imidazole rings is 1. The van der Waals surface area contributed by atoms with Gasteiger partial charge in [-0.05, 0) is 43.0 Å². The van der Waals surface area contributed by atoms with Crippen molar-refractivity contribution in [3.63, 3.8) is 0 Å². The molecule has 0 bridgehead atoms. The van der Waals surface area contributed by atoms with E-state index in [2.05, 4.69) is 40.0 Å². The number of piperazine rings is 1. The Bertz CT molecular complexity index is 1460. The average Bonchev–Trinajstić information content (AvgIpc) is 3.44. The molecule has 8 nitrogen and oxygen atoms in total. The lowest BCUT2D eigenvalue weighted by Gasteiger charge is -2.27. The highest BCUT2D eigenvalue weighted by Gasteiger charge is 2.50. The van der Waals surface area contributed by atoms with Crippen molar-refractivity contribution < 1.29 is 8.78 Å². The zero-order chi connectivity index (χ0) is 24.3. The predicted octanol–water partition coefficient (Wildman–Crippen LogP) is 3.75. The Hall–Kier alpha value is -3.50. The summed E-state index contributed by atoms with van der Waals surface area (Å²) in [7, 11) is 0. The molecule has 0 unspecified atom stereocenters. The van der Waals surface area contributed by atoms with E-state index < -0.39 is 11.6 Å². The number of fused-ring (bicyclic) bond motifs is 4. The molecule has 2 N–H and O–H groups in total. The van der Waals surface area contributed by atoms with Crippen LogP contribution in [-0.4, -0.2) is 55.6 Å². The van der Waals surface area contributed by atoms with Gasteiger partial charge in [-0.3, -0.25) is 4.90 Å². The van der Waals surface area contributed by atoms with Crippen LogP contribution >= 0.6 is 0 Å². The third kappa shape index (κ3) is 3.72. The van der Waals surface area contributed by atoms with Crippen LogP contribution in [0.2, 0.25) is 0 Å². The number of nitrogens with one attached hydrogen (secondary N) is 2. The molecule has 2 fully saturated rings. The van der Waals surface area contributed by atoms with Crippen molar-refractivity contribution in [1.82, 2.24) is 34.7 Å². The summed E-state index contributed by atoms with van der Waals surface area (Å²) in [5, 5.41) is 6.40. The van der Waals surface area contributed by atoms with Gasteiger partial charge in [0, 0.05) is 56.4 Å². The van der Waals surface area contributed by atoms with Crippen LogP contribution in [0.15, 0.2) is 36.7 Å². The van der Waals surface area contributed by atoms with Crippen LogP contribution in [0.25, 0.3) is 22.3 Å². The van der Waals surface area contributed by atoms with Crippen LogP contribution < -0.4 is 10.6 Å². The van der Waals surface area contributed by atoms with Crippen LogP contribution in [-0.2, 0) is 18.5 Å². The van der Waals surface area contributed by atoms with Crippen molar-refractivity contribution in [3.05, 3.63) is 59.7 Å². The van der Waals surface area contributed by atoms with Crippen molar-refractivity contribution in [1.29, 1.82) is 0 Å². The second-order valence-corrected chi connectivity index (χ2v) is 10.0. The Balaban J connectivity index is 1.16. The summed E-state index contributed by atoms with van der Waals surface area (Å²) in [6.07, 6.45) is 6.97. The normalized spacial score (nSPS) is 18.6. The largest absolute Gasteiger partial charge is 0.322 e. The number of benzene rings is 1. The van der Waals surface area contributed by atoms with E-state index in [1.165, 1.54) is 6.07 Å². The van der Waals surface area contributed by atoms with Crippen LogP contribution in [0.5, 0.6) is 0 Å². The quantitative estimate of drug-likeness (QED) is 0.443. The number of anilines is 2. The maximum Gasteiger partial charge on any atom is 0.229 e. The molecule has 2 aliphatic heterocycles. The first-order chi connectivity index (χ1) is 17.6. The highest BCUT2D eigenvalue weighted by molar-refractivity contribution is 5.83. The molecule has 1 aromatic carbocycles. The molecule has 36 heavy (non-hydrogen) atoms. The number of hydrogen-bond acceptors (Lipinski definition) is 7. The summed E-state index contributed by atoms with van der Waals surface area (Å²) >= 11 is 0. The SMILES string of the molecule is Fc1cnc(Nc2ccc(CN3CCNCC3)cn2)nc1-c1cc(F)c2nc3n(c2c1)C1(CC3)CC1. The van der Waals surface area contributed by atoms with E-state index in [1.54, 1.807) is 6.07 Å². The Labute approximate surface area is 206 Å². The predicted molar refractivity (Wildman–Crippen MR) is 132 cm³/mol. The molecular weight excluding hydrogens is 462 g/mol. The number of rotatable bonds is 5. The summed E-state index contributed by atoms with van der Waals surface area (Å²) in [6, 6.07) is 6.99. The van der Waals surface area contributed by atoms with Crippen molar-refractivity contribution in [3.8, 4) is 11.3 Å². The number of aryl methyl sites for hydroxylation is 1. The van der Waals surface area contributed by atoms with Crippen LogP contribution in [0, 0.1) is 11.6 Å². The smallest absolute Gasteiger partial charge is 0.229 e. The average molecular weight is 489 g/mol. The lowest BCUT2D eigenvalue weighted by Crippen LogP contribution is -2.42. The van der Waals surface area contributed by atoms with E-state index in [0.717, 1.165) is 76.0 Å². The van der Waals surface area contributed by atoms with Crippen molar-refractivity contribution >= 4 is 22.8 Å². The molecule has 4 aromatic rings. The van der Waals surface area contributed by atoms with Gasteiger partial charge in [0.1, 0.15) is 22.9 Å². The fourth-order valence-electron chi connectivity index (χ4n) is 5.56. The Morgan fingerprint density at radius 3 is 2.61 bits per heavy atom. The minimum absolute atomic E-state index is 0.0435. The summed E-state index contributed by atoms with van der Waals surface area (Å²) in [4.78, 5) is 19.9. The highest BCUT2D eigenvalue weighted by Crippen LogP contribution is 2.53. The van der Waals surface area contributed by atoms with E-state index in [4.69, 9.17) is 0 Å². The molecule has 1 saturated carbocycles. The van der Waals surface area contributed by atoms with E-state index in [9.17, 15) is 4.39 Å². The molecular formula is C26H26F2N8. The number of pyridine rings is 1. The van der Waals surface area contributed by atoms with Crippen LogP contribution in [0.4, 0.5) is 20.5 Å². The second kappa shape index (κ2) is 8.28. The maximum atomic E-state index is 15.1. The maximum absolute atomic E-state index is 15.1. The molecule has 0 amide bonds. The number of halogens is 2. The van der Waals surface area contributed by atoms with Gasteiger partial charge in [-0.25, -0.2) is 28.7 Å². The van der Waals surface area contributed by atoms with Crippen molar-refractivity contribution in [2.75, 3.05) is 31.5 Å². The van der Waals surface area contributed by atoms with E-state index in [-0.39, 0.29) is 17.2 Å². The van der Waals surface area contributed by atoms with E-state index in [0.29, 0.717) is 22.4 Å². The topological polar surface area (TPSA) is 83.8 Å². The minimum Gasteiger partial charge on any atom is -0.322 e. The van der Waals surface area contributed by atoms with Gasteiger partial charge in [-0.2, -0.15) is 0 Å². The van der Waals surface area contributed by atoms with Crippen molar-refractivity contribution in [2.45, 2.75) is 37.8 Å². The summed E-state index contributed by atoms with van der Waals surface area (Å²) in [5.41, 5.74) is 2.65. The molecule has 3 aromatic heterocycles. The minimum atomic E-state index is -0.610. The fraction of sp³-hybridized carbons (Fsp3) is 0.385. The zero-order valence-electron chi connectivity index (χ0n) is 19.8. The number of hydrogen-bond donors (Lipinski definition) is 2. The van der Waals surface area contributed by atoms with Gasteiger partial charge in [-0.15, -0.1) is 0 Å². The lowest BCUT2D eigenvalue weighted by atomic mass is 10.1. The van der Waals surface area contributed by atoms with Gasteiger partial charge in [0.05, 0.1) is 11.7 Å². The van der Waals surface area contributed by atoms with Crippen molar-refractivity contribution in [2.24, 2.45) is 0 Å². The van der Waals surface area contributed by atoms with Gasteiger partial charge in [0.2, 0.25) is 5.95 Å². The zero-order valence-corrected chi connectivity index (χ0v) is 19.8. The first kappa shape index (κ1) is 21.8. The van der Waals surface area contributed by atoms with Gasteiger partial charge in [-0.1, -0.05) is 6.07 Å². The lowest BCUT2D eigenvalue weighted by molar-refractivity contribution is 0.233.